The van der Waals surface area contributed by atoms with Crippen LogP contribution in [0.3, 0.4) is 0 Å². The van der Waals surface area contributed by atoms with Crippen molar-refractivity contribution in [2.45, 2.75) is 19.3 Å². The summed E-state index contributed by atoms with van der Waals surface area (Å²) in [7, 11) is 2.87. The van der Waals surface area contributed by atoms with E-state index in [1.807, 2.05) is 0 Å². The molecule has 0 aromatic heterocycles. The zero-order valence-electron chi connectivity index (χ0n) is 16.0. The number of ketones is 1. The molecule has 0 amide bonds. The first-order chi connectivity index (χ1) is 13.8. The number of ether oxygens (including phenoxy) is 2. The van der Waals surface area contributed by atoms with Gasteiger partial charge in [0.2, 0.25) is 0 Å². The fourth-order valence-corrected chi connectivity index (χ4v) is 3.68. The van der Waals surface area contributed by atoms with Crippen molar-refractivity contribution in [3.8, 4) is 23.0 Å². The van der Waals surface area contributed by atoms with Gasteiger partial charge in [0.1, 0.15) is 0 Å². The average molecular weight is 435 g/mol. The van der Waals surface area contributed by atoms with Crippen LogP contribution in [-0.2, 0) is 4.79 Å². The number of allylic oxidation sites excluding steroid dienone is 2. The summed E-state index contributed by atoms with van der Waals surface area (Å²) in [6.45, 7) is 0. The number of methoxy groups -OCH3 is 2. The molecule has 1 saturated carbocycles. The molecule has 152 valence electrons. The molecular formula is C22H20Cl2O5. The largest absolute Gasteiger partial charge is 0.503 e. The fraction of sp³-hybridized carbons (Fsp3) is 0.227. The first kappa shape index (κ1) is 21.1. The van der Waals surface area contributed by atoms with Crippen molar-refractivity contribution in [1.29, 1.82) is 0 Å². The van der Waals surface area contributed by atoms with Crippen LogP contribution in [0.4, 0.5) is 0 Å². The molecule has 0 atom stereocenters. The highest BCUT2D eigenvalue weighted by atomic mass is 35.5. The van der Waals surface area contributed by atoms with Gasteiger partial charge in [-0.1, -0.05) is 23.2 Å². The highest BCUT2D eigenvalue weighted by molar-refractivity contribution is 6.32. The number of hydrogen-bond acceptors (Lipinski definition) is 5. The molecule has 0 unspecified atom stereocenters. The summed E-state index contributed by atoms with van der Waals surface area (Å²) < 4.78 is 10.2. The summed E-state index contributed by atoms with van der Waals surface area (Å²) in [4.78, 5) is 13.0. The molecule has 0 saturated heterocycles. The molecule has 7 heteroatoms. The van der Waals surface area contributed by atoms with E-state index in [0.717, 1.165) is 6.42 Å². The normalized spacial score (nSPS) is 17.0. The number of halogens is 2. The number of aromatic hydroxyl groups is 2. The fourth-order valence-electron chi connectivity index (χ4n) is 3.25. The Bertz CT molecular complexity index is 945. The smallest absolute Gasteiger partial charge is 0.185 e. The quantitative estimate of drug-likeness (QED) is 0.608. The first-order valence-corrected chi connectivity index (χ1v) is 9.68. The SMILES string of the molecule is COc1cc(/C=C2/CCC/C(=C/c3cc(Cl)c(O)c(OC)c3)C2=O)cc(Cl)c1O. The van der Waals surface area contributed by atoms with Crippen LogP contribution in [0.2, 0.25) is 10.0 Å². The van der Waals surface area contributed by atoms with Gasteiger partial charge in [-0.2, -0.15) is 0 Å². The van der Waals surface area contributed by atoms with E-state index in [0.29, 0.717) is 35.1 Å². The second-order valence-electron chi connectivity index (χ2n) is 6.63. The molecule has 2 aromatic rings. The van der Waals surface area contributed by atoms with Crippen molar-refractivity contribution in [2.24, 2.45) is 0 Å². The number of phenols is 2. The van der Waals surface area contributed by atoms with Gasteiger partial charge in [-0.25, -0.2) is 0 Å². The highest BCUT2D eigenvalue weighted by Gasteiger charge is 2.21. The molecule has 5 nitrogen and oxygen atoms in total. The van der Waals surface area contributed by atoms with Gasteiger partial charge in [-0.15, -0.1) is 0 Å². The van der Waals surface area contributed by atoms with Crippen LogP contribution < -0.4 is 9.47 Å². The van der Waals surface area contributed by atoms with Crippen molar-refractivity contribution in [2.75, 3.05) is 14.2 Å². The van der Waals surface area contributed by atoms with Gasteiger partial charge in [0, 0.05) is 11.1 Å². The molecule has 0 heterocycles. The molecular weight excluding hydrogens is 415 g/mol. The predicted octanol–water partition coefficient (Wildman–Crippen LogP) is 5.64. The maximum atomic E-state index is 13.0. The third-order valence-corrected chi connectivity index (χ3v) is 5.27. The van der Waals surface area contributed by atoms with Crippen molar-refractivity contribution in [1.82, 2.24) is 0 Å². The van der Waals surface area contributed by atoms with E-state index < -0.39 is 0 Å². The van der Waals surface area contributed by atoms with E-state index in [1.165, 1.54) is 14.2 Å². The summed E-state index contributed by atoms with van der Waals surface area (Å²) in [6, 6.07) is 6.43. The molecule has 3 rings (SSSR count). The monoisotopic (exact) mass is 434 g/mol. The molecule has 1 aliphatic rings. The van der Waals surface area contributed by atoms with E-state index in [4.69, 9.17) is 32.7 Å². The van der Waals surface area contributed by atoms with Crippen molar-refractivity contribution >= 4 is 41.1 Å². The first-order valence-electron chi connectivity index (χ1n) is 8.93. The molecule has 0 spiro atoms. The van der Waals surface area contributed by atoms with Gasteiger partial charge >= 0.3 is 0 Å². The Morgan fingerprint density at radius 1 is 0.828 bits per heavy atom. The second kappa shape index (κ2) is 8.80. The van der Waals surface area contributed by atoms with Crippen molar-refractivity contribution in [3.05, 3.63) is 56.6 Å². The third kappa shape index (κ3) is 4.52. The predicted molar refractivity (Wildman–Crippen MR) is 114 cm³/mol. The van der Waals surface area contributed by atoms with Gasteiger partial charge in [0.25, 0.3) is 0 Å². The summed E-state index contributed by atoms with van der Waals surface area (Å²) in [5, 5.41) is 20.1. The van der Waals surface area contributed by atoms with E-state index in [1.54, 1.807) is 36.4 Å². The Morgan fingerprint density at radius 3 is 1.62 bits per heavy atom. The molecule has 29 heavy (non-hydrogen) atoms. The summed E-state index contributed by atoms with van der Waals surface area (Å²) in [5.74, 6) is 0.154. The van der Waals surface area contributed by atoms with Crippen LogP contribution in [0.15, 0.2) is 35.4 Å². The lowest BCUT2D eigenvalue weighted by molar-refractivity contribution is -0.112. The van der Waals surface area contributed by atoms with E-state index in [9.17, 15) is 15.0 Å². The lowest BCUT2D eigenvalue weighted by Gasteiger charge is -2.17. The molecule has 2 N–H and O–H groups in total. The zero-order chi connectivity index (χ0) is 21.1. The van der Waals surface area contributed by atoms with Crippen LogP contribution in [0, 0.1) is 0 Å². The Hall–Kier alpha value is -2.63. The number of phenolic OH excluding ortho intramolecular Hbond substituents is 2. The summed E-state index contributed by atoms with van der Waals surface area (Å²) in [5.41, 5.74) is 2.62. The Kier molecular flexibility index (Phi) is 6.40. The molecule has 0 aliphatic heterocycles. The highest BCUT2D eigenvalue weighted by Crippen LogP contribution is 2.38. The molecule has 0 radical (unpaired) electrons. The third-order valence-electron chi connectivity index (χ3n) is 4.70. The number of benzene rings is 2. The topological polar surface area (TPSA) is 76.0 Å². The van der Waals surface area contributed by atoms with Crippen LogP contribution in [0.5, 0.6) is 23.0 Å². The minimum Gasteiger partial charge on any atom is -0.503 e. The minimum atomic E-state index is -0.134. The summed E-state index contributed by atoms with van der Waals surface area (Å²) >= 11 is 12.1. The van der Waals surface area contributed by atoms with Crippen LogP contribution in [0.25, 0.3) is 12.2 Å². The maximum absolute atomic E-state index is 13.0. The van der Waals surface area contributed by atoms with Crippen LogP contribution in [0.1, 0.15) is 30.4 Å². The Morgan fingerprint density at radius 2 is 1.24 bits per heavy atom. The minimum absolute atomic E-state index is 0.0671. The lowest BCUT2D eigenvalue weighted by Crippen LogP contribution is -2.12. The molecule has 2 aromatic carbocycles. The Balaban J connectivity index is 1.95. The number of Topliss-reactive ketones (excluding diaryl/α,β-unsaturated/α-hetero) is 1. The van der Waals surface area contributed by atoms with Gasteiger partial charge in [0.05, 0.1) is 24.3 Å². The molecule has 1 aliphatic carbocycles. The number of hydrogen-bond donors (Lipinski definition) is 2. The summed E-state index contributed by atoms with van der Waals surface area (Å²) in [6.07, 6.45) is 5.60. The van der Waals surface area contributed by atoms with Crippen molar-refractivity contribution in [3.63, 3.8) is 0 Å². The number of carbonyl (C=O) groups is 1. The van der Waals surface area contributed by atoms with E-state index in [2.05, 4.69) is 0 Å². The van der Waals surface area contributed by atoms with Crippen LogP contribution in [-0.4, -0.2) is 30.2 Å². The molecule has 0 bridgehead atoms. The van der Waals surface area contributed by atoms with E-state index >= 15 is 0 Å². The van der Waals surface area contributed by atoms with Gasteiger partial charge in [-0.05, 0) is 66.8 Å². The van der Waals surface area contributed by atoms with E-state index in [-0.39, 0.29) is 38.8 Å². The molecule has 1 fully saturated rings. The Labute approximate surface area is 178 Å². The average Bonchev–Trinajstić information content (AvgIpc) is 2.70. The van der Waals surface area contributed by atoms with Gasteiger partial charge in [0.15, 0.2) is 28.8 Å². The van der Waals surface area contributed by atoms with Crippen LogP contribution >= 0.6 is 23.2 Å². The zero-order valence-corrected chi connectivity index (χ0v) is 17.5. The number of rotatable bonds is 4. The maximum Gasteiger partial charge on any atom is 0.185 e. The second-order valence-corrected chi connectivity index (χ2v) is 7.44. The lowest BCUT2D eigenvalue weighted by atomic mass is 9.87. The van der Waals surface area contributed by atoms with Crippen molar-refractivity contribution < 1.29 is 24.5 Å². The van der Waals surface area contributed by atoms with Gasteiger partial charge < -0.3 is 19.7 Å². The number of carbonyl (C=O) groups excluding carboxylic acids is 1. The standard InChI is InChI=1S/C22H20Cl2O5/c1-28-18-10-12(8-16(23)21(18)26)6-14-4-3-5-15(20(14)25)7-13-9-17(24)22(27)19(11-13)29-2/h6-11,26-27H,3-5H2,1-2H3/b14-6-,15-7-. The van der Waals surface area contributed by atoms with Gasteiger partial charge in [-0.3, -0.25) is 4.79 Å².